The topological polar surface area (TPSA) is 66.5 Å². The van der Waals surface area contributed by atoms with Gasteiger partial charge in [0.2, 0.25) is 0 Å². The second kappa shape index (κ2) is 4.68. The van der Waals surface area contributed by atoms with Gasteiger partial charge in [0, 0.05) is 11.4 Å². The summed E-state index contributed by atoms with van der Waals surface area (Å²) in [6.07, 6.45) is -1.78. The largest absolute Gasteiger partial charge is 0.399 e. The van der Waals surface area contributed by atoms with Crippen LogP contribution in [0.4, 0.5) is 5.69 Å². The van der Waals surface area contributed by atoms with Crippen LogP contribution in [0.25, 0.3) is 0 Å². The van der Waals surface area contributed by atoms with Crippen molar-refractivity contribution in [3.05, 3.63) is 29.3 Å². The highest BCUT2D eigenvalue weighted by Crippen LogP contribution is 2.21. The second-order valence-electron chi connectivity index (χ2n) is 3.31. The summed E-state index contributed by atoms with van der Waals surface area (Å²) in [6, 6.07) is 5.24. The molecule has 78 valence electrons. The Morgan fingerprint density at radius 2 is 2.07 bits per heavy atom. The fourth-order valence-corrected chi connectivity index (χ4v) is 1.36. The third-order valence-electron chi connectivity index (χ3n) is 2.20. The van der Waals surface area contributed by atoms with Crippen molar-refractivity contribution in [2.75, 3.05) is 11.5 Å². The molecule has 0 radical (unpaired) electrons. The molecule has 0 aliphatic rings. The van der Waals surface area contributed by atoms with E-state index in [9.17, 15) is 10.2 Å². The van der Waals surface area contributed by atoms with Crippen molar-refractivity contribution in [1.29, 1.82) is 0 Å². The molecule has 1 aromatic rings. The monoisotopic (exact) mass is 213 g/mol. The van der Waals surface area contributed by atoms with E-state index < -0.39 is 12.2 Å². The number of aryl methyl sites for hydroxylation is 1. The van der Waals surface area contributed by atoms with Gasteiger partial charge in [-0.1, -0.05) is 12.1 Å². The van der Waals surface area contributed by atoms with E-state index in [2.05, 4.69) is 12.6 Å². The average molecular weight is 213 g/mol. The third-order valence-corrected chi connectivity index (χ3v) is 2.57. The fraction of sp³-hybridized carbons (Fsp3) is 0.400. The molecule has 0 aliphatic carbocycles. The molecular formula is C10H15NO2S. The van der Waals surface area contributed by atoms with Gasteiger partial charge in [0.1, 0.15) is 6.10 Å². The smallest absolute Gasteiger partial charge is 0.106 e. The van der Waals surface area contributed by atoms with Crippen molar-refractivity contribution in [3.63, 3.8) is 0 Å². The Hall–Kier alpha value is -0.710. The Labute approximate surface area is 89.0 Å². The van der Waals surface area contributed by atoms with E-state index in [0.29, 0.717) is 11.3 Å². The van der Waals surface area contributed by atoms with Gasteiger partial charge in [0.25, 0.3) is 0 Å². The second-order valence-corrected chi connectivity index (χ2v) is 3.68. The highest BCUT2D eigenvalue weighted by Gasteiger charge is 2.16. The van der Waals surface area contributed by atoms with Crippen LogP contribution in [0.5, 0.6) is 0 Å². The minimum atomic E-state index is -0.921. The summed E-state index contributed by atoms with van der Waals surface area (Å²) >= 11 is 3.91. The van der Waals surface area contributed by atoms with Crippen molar-refractivity contribution in [2.45, 2.75) is 19.1 Å². The summed E-state index contributed by atoms with van der Waals surface area (Å²) in [6.45, 7) is 1.89. The fourth-order valence-electron chi connectivity index (χ4n) is 1.16. The molecule has 1 aromatic carbocycles. The molecule has 4 heteroatoms. The van der Waals surface area contributed by atoms with Gasteiger partial charge in [0.05, 0.1) is 6.10 Å². The van der Waals surface area contributed by atoms with E-state index in [-0.39, 0.29) is 5.75 Å². The molecule has 0 fully saturated rings. The number of nitrogens with two attached hydrogens (primary N) is 1. The summed E-state index contributed by atoms with van der Waals surface area (Å²) in [5, 5.41) is 19.0. The zero-order chi connectivity index (χ0) is 10.7. The van der Waals surface area contributed by atoms with Crippen LogP contribution in [0.3, 0.4) is 0 Å². The number of benzene rings is 1. The van der Waals surface area contributed by atoms with E-state index in [0.717, 1.165) is 5.56 Å². The van der Waals surface area contributed by atoms with Gasteiger partial charge in [-0.25, -0.2) is 0 Å². The van der Waals surface area contributed by atoms with Gasteiger partial charge in [-0.3, -0.25) is 0 Å². The minimum Gasteiger partial charge on any atom is -0.399 e. The number of nitrogen functional groups attached to an aromatic ring is 1. The summed E-state index contributed by atoms with van der Waals surface area (Å²) < 4.78 is 0. The number of aliphatic hydroxyl groups excluding tert-OH is 2. The lowest BCUT2D eigenvalue weighted by atomic mass is 10.0. The summed E-state index contributed by atoms with van der Waals surface area (Å²) in [5.41, 5.74) is 7.89. The minimum absolute atomic E-state index is 0.217. The molecule has 3 nitrogen and oxygen atoms in total. The molecule has 0 saturated heterocycles. The first kappa shape index (κ1) is 11.4. The summed E-state index contributed by atoms with van der Waals surface area (Å²) in [5.74, 6) is 0.217. The number of anilines is 1. The quantitative estimate of drug-likeness (QED) is 0.445. The van der Waals surface area contributed by atoms with Crippen molar-refractivity contribution in [2.24, 2.45) is 0 Å². The molecule has 1 rings (SSSR count). The van der Waals surface area contributed by atoms with Crippen LogP contribution < -0.4 is 5.73 Å². The first-order valence-electron chi connectivity index (χ1n) is 4.39. The number of rotatable bonds is 3. The zero-order valence-electron chi connectivity index (χ0n) is 8.01. The van der Waals surface area contributed by atoms with Gasteiger partial charge in [-0.05, 0) is 24.1 Å². The summed E-state index contributed by atoms with van der Waals surface area (Å²) in [4.78, 5) is 0. The van der Waals surface area contributed by atoms with Crippen molar-refractivity contribution in [3.8, 4) is 0 Å². The molecule has 0 heterocycles. The molecule has 14 heavy (non-hydrogen) atoms. The molecular weight excluding hydrogens is 198 g/mol. The van der Waals surface area contributed by atoms with Crippen LogP contribution in [-0.2, 0) is 0 Å². The maximum atomic E-state index is 9.65. The number of hydrogen-bond donors (Lipinski definition) is 4. The van der Waals surface area contributed by atoms with Crippen molar-refractivity contribution >= 4 is 18.3 Å². The number of hydrogen-bond acceptors (Lipinski definition) is 4. The molecule has 0 spiro atoms. The predicted octanol–water partition coefficient (Wildman–Crippen LogP) is 0.901. The van der Waals surface area contributed by atoms with Gasteiger partial charge in [-0.2, -0.15) is 12.6 Å². The van der Waals surface area contributed by atoms with Crippen LogP contribution in [0, 0.1) is 6.92 Å². The highest BCUT2D eigenvalue weighted by atomic mass is 32.1. The third kappa shape index (κ3) is 2.41. The normalized spacial score (nSPS) is 15.1. The first-order chi connectivity index (χ1) is 6.56. The van der Waals surface area contributed by atoms with Gasteiger partial charge >= 0.3 is 0 Å². The lowest BCUT2D eigenvalue weighted by Crippen LogP contribution is -2.19. The first-order valence-corrected chi connectivity index (χ1v) is 5.02. The van der Waals surface area contributed by atoms with E-state index in [1.807, 2.05) is 13.0 Å². The standard InChI is InChI=1S/C10H15NO2S/c1-6-2-3-7(4-8(6)11)10(13)9(12)5-14/h2-4,9-10,12-14H,5,11H2,1H3. The van der Waals surface area contributed by atoms with E-state index in [1.54, 1.807) is 12.1 Å². The van der Waals surface area contributed by atoms with Crippen molar-refractivity contribution < 1.29 is 10.2 Å². The van der Waals surface area contributed by atoms with Crippen LogP contribution in [0.1, 0.15) is 17.2 Å². The van der Waals surface area contributed by atoms with Crippen LogP contribution in [0.15, 0.2) is 18.2 Å². The Morgan fingerprint density at radius 1 is 1.43 bits per heavy atom. The maximum Gasteiger partial charge on any atom is 0.106 e. The van der Waals surface area contributed by atoms with Gasteiger partial charge in [-0.15, -0.1) is 0 Å². The Balaban J connectivity index is 2.91. The Morgan fingerprint density at radius 3 is 2.57 bits per heavy atom. The Kier molecular flexibility index (Phi) is 3.80. The molecule has 2 atom stereocenters. The van der Waals surface area contributed by atoms with Crippen molar-refractivity contribution in [1.82, 2.24) is 0 Å². The molecule has 0 amide bonds. The van der Waals surface area contributed by atoms with E-state index in [1.165, 1.54) is 0 Å². The molecule has 0 saturated carbocycles. The predicted molar refractivity (Wildman–Crippen MR) is 60.4 cm³/mol. The van der Waals surface area contributed by atoms with E-state index >= 15 is 0 Å². The molecule has 0 bridgehead atoms. The lowest BCUT2D eigenvalue weighted by Gasteiger charge is -2.16. The zero-order valence-corrected chi connectivity index (χ0v) is 8.91. The summed E-state index contributed by atoms with van der Waals surface area (Å²) in [7, 11) is 0. The molecule has 2 unspecified atom stereocenters. The van der Waals surface area contributed by atoms with Gasteiger partial charge < -0.3 is 15.9 Å². The molecule has 4 N–H and O–H groups in total. The molecule has 0 aromatic heterocycles. The number of aliphatic hydroxyl groups is 2. The average Bonchev–Trinajstić information content (AvgIpc) is 2.20. The van der Waals surface area contributed by atoms with Crippen LogP contribution in [-0.4, -0.2) is 22.1 Å². The maximum absolute atomic E-state index is 9.65. The Bertz CT molecular complexity index is 317. The molecule has 0 aliphatic heterocycles. The van der Waals surface area contributed by atoms with Gasteiger partial charge in [0.15, 0.2) is 0 Å². The lowest BCUT2D eigenvalue weighted by molar-refractivity contribution is 0.0338. The van der Waals surface area contributed by atoms with E-state index in [4.69, 9.17) is 5.73 Å². The number of thiol groups is 1. The highest BCUT2D eigenvalue weighted by molar-refractivity contribution is 7.80. The van der Waals surface area contributed by atoms with Crippen LogP contribution >= 0.6 is 12.6 Å². The van der Waals surface area contributed by atoms with Crippen LogP contribution in [0.2, 0.25) is 0 Å². The SMILES string of the molecule is Cc1ccc(C(O)C(O)CS)cc1N.